The minimum atomic E-state index is -0.674. The maximum atomic E-state index is 9.15. The van der Waals surface area contributed by atoms with Gasteiger partial charge in [0.2, 0.25) is 0 Å². The van der Waals surface area contributed by atoms with E-state index in [2.05, 4.69) is 0 Å². The molecule has 0 aliphatic rings. The number of benzene rings is 1. The number of nitrogen functional groups attached to an aromatic ring is 2. The van der Waals surface area contributed by atoms with Crippen LogP contribution >= 0.6 is 0 Å². The van der Waals surface area contributed by atoms with Crippen molar-refractivity contribution in [3.05, 3.63) is 18.2 Å². The van der Waals surface area contributed by atoms with Crippen LogP contribution in [0.4, 0.5) is 11.4 Å². The molecule has 1 unspecified atom stereocenters. The van der Waals surface area contributed by atoms with Crippen molar-refractivity contribution in [3.8, 4) is 5.75 Å². The van der Waals surface area contributed by atoms with Gasteiger partial charge in [-0.3, -0.25) is 0 Å². The molecule has 7 N–H and O–H groups in total. The van der Waals surface area contributed by atoms with Crippen LogP contribution in [-0.2, 0) is 0 Å². The molecule has 0 spiro atoms. The van der Waals surface area contributed by atoms with Crippen LogP contribution < -0.4 is 21.9 Å². The molecule has 0 fully saturated rings. The lowest BCUT2D eigenvalue weighted by molar-refractivity contribution is 0.114. The zero-order valence-electron chi connectivity index (χ0n) is 7.81. The summed E-state index contributed by atoms with van der Waals surface area (Å²) in [6.45, 7) is 0.291. The van der Waals surface area contributed by atoms with Gasteiger partial charge in [0.25, 0.3) is 0 Å². The largest absolute Gasteiger partial charge is 0.489 e. The van der Waals surface area contributed by atoms with Gasteiger partial charge in [-0.1, -0.05) is 0 Å². The van der Waals surface area contributed by atoms with Crippen LogP contribution in [0.3, 0.4) is 0 Å². The number of aliphatic hydroxyl groups is 1. The molecule has 1 aromatic carbocycles. The Kier molecular flexibility index (Phi) is 3.55. The average Bonchev–Trinajstić information content (AvgIpc) is 2.16. The minimum Gasteiger partial charge on any atom is -0.489 e. The summed E-state index contributed by atoms with van der Waals surface area (Å²) in [6.07, 6.45) is -0.674. The fraction of sp³-hybridized carbons (Fsp3) is 0.333. The van der Waals surface area contributed by atoms with E-state index in [1.165, 1.54) is 0 Å². The van der Waals surface area contributed by atoms with Crippen molar-refractivity contribution in [2.24, 2.45) is 5.73 Å². The number of ether oxygens (including phenoxy) is 1. The lowest BCUT2D eigenvalue weighted by atomic mass is 10.2. The Morgan fingerprint density at radius 1 is 1.36 bits per heavy atom. The molecule has 0 aliphatic carbocycles. The maximum absolute atomic E-state index is 9.15. The Morgan fingerprint density at radius 2 is 2.07 bits per heavy atom. The summed E-state index contributed by atoms with van der Waals surface area (Å²) in [6, 6.07) is 4.94. The molecule has 0 aromatic heterocycles. The highest BCUT2D eigenvalue weighted by molar-refractivity contribution is 5.60. The third-order valence-corrected chi connectivity index (χ3v) is 1.74. The fourth-order valence-corrected chi connectivity index (χ4v) is 0.952. The number of anilines is 2. The Bertz CT molecular complexity index is 304. The highest BCUT2D eigenvalue weighted by atomic mass is 16.5. The van der Waals surface area contributed by atoms with Crippen LogP contribution in [0.25, 0.3) is 0 Å². The van der Waals surface area contributed by atoms with Crippen LogP contribution in [0.15, 0.2) is 18.2 Å². The van der Waals surface area contributed by atoms with E-state index in [0.29, 0.717) is 17.1 Å². The molecule has 0 saturated heterocycles. The molecule has 0 bridgehead atoms. The van der Waals surface area contributed by atoms with Crippen LogP contribution in [0.5, 0.6) is 5.75 Å². The molecule has 0 amide bonds. The number of aliphatic hydroxyl groups excluding tert-OH is 1. The topological polar surface area (TPSA) is 108 Å². The fourth-order valence-electron chi connectivity index (χ4n) is 0.952. The Balaban J connectivity index is 2.59. The van der Waals surface area contributed by atoms with E-state index in [1.54, 1.807) is 18.2 Å². The van der Waals surface area contributed by atoms with Crippen molar-refractivity contribution < 1.29 is 9.84 Å². The Hall–Kier alpha value is -1.46. The minimum absolute atomic E-state index is 0.130. The first-order valence-electron chi connectivity index (χ1n) is 4.29. The second-order valence-corrected chi connectivity index (χ2v) is 3.00. The summed E-state index contributed by atoms with van der Waals surface area (Å²) in [7, 11) is 0. The highest BCUT2D eigenvalue weighted by Crippen LogP contribution is 2.23. The summed E-state index contributed by atoms with van der Waals surface area (Å²) in [5.74, 6) is 0.506. The molecule has 1 rings (SSSR count). The number of nitrogens with two attached hydrogens (primary N) is 3. The summed E-state index contributed by atoms with van der Waals surface area (Å²) >= 11 is 0. The van der Waals surface area contributed by atoms with Crippen molar-refractivity contribution in [2.75, 3.05) is 24.6 Å². The standard InChI is InChI=1S/C9H15N3O2/c10-4-7(13)5-14-9-2-1-6(11)3-8(9)12/h1-3,7,13H,4-5,10-12H2. The predicted octanol–water partition coefficient (Wildman–Crippen LogP) is -0.451. The van der Waals surface area contributed by atoms with E-state index in [1.807, 2.05) is 0 Å². The van der Waals surface area contributed by atoms with E-state index in [4.69, 9.17) is 27.0 Å². The number of hydrogen-bond acceptors (Lipinski definition) is 5. The lowest BCUT2D eigenvalue weighted by Crippen LogP contribution is -2.26. The van der Waals surface area contributed by atoms with Crippen LogP contribution in [-0.4, -0.2) is 24.4 Å². The van der Waals surface area contributed by atoms with Gasteiger partial charge in [0.15, 0.2) is 0 Å². The van der Waals surface area contributed by atoms with Crippen molar-refractivity contribution in [2.45, 2.75) is 6.10 Å². The zero-order valence-corrected chi connectivity index (χ0v) is 7.81. The normalized spacial score (nSPS) is 12.4. The van der Waals surface area contributed by atoms with Gasteiger partial charge in [-0.25, -0.2) is 0 Å². The van der Waals surface area contributed by atoms with E-state index in [9.17, 15) is 0 Å². The molecule has 1 aromatic rings. The Morgan fingerprint density at radius 3 is 2.64 bits per heavy atom. The number of rotatable bonds is 4. The van der Waals surface area contributed by atoms with Crippen LogP contribution in [0.2, 0.25) is 0 Å². The van der Waals surface area contributed by atoms with Gasteiger partial charge in [-0.2, -0.15) is 0 Å². The van der Waals surface area contributed by atoms with Gasteiger partial charge in [-0.15, -0.1) is 0 Å². The second-order valence-electron chi connectivity index (χ2n) is 3.00. The molecule has 78 valence electrons. The van der Waals surface area contributed by atoms with E-state index >= 15 is 0 Å². The van der Waals surface area contributed by atoms with Crippen molar-refractivity contribution >= 4 is 11.4 Å². The van der Waals surface area contributed by atoms with Gasteiger partial charge >= 0.3 is 0 Å². The second kappa shape index (κ2) is 4.69. The van der Waals surface area contributed by atoms with Crippen molar-refractivity contribution in [1.82, 2.24) is 0 Å². The quantitative estimate of drug-likeness (QED) is 0.489. The van der Waals surface area contributed by atoms with Crippen LogP contribution in [0.1, 0.15) is 0 Å². The predicted molar refractivity (Wildman–Crippen MR) is 55.8 cm³/mol. The molecule has 5 heteroatoms. The number of hydrogen-bond donors (Lipinski definition) is 4. The molecular weight excluding hydrogens is 182 g/mol. The molecule has 0 saturated carbocycles. The molecule has 0 radical (unpaired) electrons. The van der Waals surface area contributed by atoms with Gasteiger partial charge in [0.1, 0.15) is 18.5 Å². The van der Waals surface area contributed by atoms with Gasteiger partial charge < -0.3 is 27.0 Å². The molecule has 0 aliphatic heterocycles. The Labute approximate surface area is 82.5 Å². The molecule has 1 atom stereocenters. The maximum Gasteiger partial charge on any atom is 0.142 e. The summed E-state index contributed by atoms with van der Waals surface area (Å²) in [4.78, 5) is 0. The van der Waals surface area contributed by atoms with Crippen molar-refractivity contribution in [1.29, 1.82) is 0 Å². The first-order chi connectivity index (χ1) is 6.63. The highest BCUT2D eigenvalue weighted by Gasteiger charge is 2.04. The van der Waals surface area contributed by atoms with E-state index in [-0.39, 0.29) is 13.2 Å². The zero-order chi connectivity index (χ0) is 10.6. The first-order valence-corrected chi connectivity index (χ1v) is 4.29. The van der Waals surface area contributed by atoms with Crippen LogP contribution in [0, 0.1) is 0 Å². The molecule has 0 heterocycles. The SMILES string of the molecule is NCC(O)COc1ccc(N)cc1N. The average molecular weight is 197 g/mol. The van der Waals surface area contributed by atoms with Gasteiger partial charge in [0, 0.05) is 12.2 Å². The van der Waals surface area contributed by atoms with Gasteiger partial charge in [0.05, 0.1) is 5.69 Å². The van der Waals surface area contributed by atoms with E-state index < -0.39 is 6.10 Å². The summed E-state index contributed by atoms with van der Waals surface area (Å²) < 4.78 is 5.23. The smallest absolute Gasteiger partial charge is 0.142 e. The summed E-state index contributed by atoms with van der Waals surface area (Å²) in [5, 5.41) is 9.15. The van der Waals surface area contributed by atoms with E-state index in [0.717, 1.165) is 0 Å². The molecular formula is C9H15N3O2. The molecule has 5 nitrogen and oxygen atoms in total. The summed E-state index contributed by atoms with van der Waals surface area (Å²) in [5.41, 5.74) is 17.4. The third kappa shape index (κ3) is 2.79. The lowest BCUT2D eigenvalue weighted by Gasteiger charge is -2.12. The monoisotopic (exact) mass is 197 g/mol. The van der Waals surface area contributed by atoms with Crippen molar-refractivity contribution in [3.63, 3.8) is 0 Å². The first kappa shape index (κ1) is 10.6. The molecule has 14 heavy (non-hydrogen) atoms. The third-order valence-electron chi connectivity index (χ3n) is 1.74. The van der Waals surface area contributed by atoms with Gasteiger partial charge in [-0.05, 0) is 18.2 Å².